The Balaban J connectivity index is 1.21. The van der Waals surface area contributed by atoms with Crippen molar-refractivity contribution in [3.05, 3.63) is 108 Å². The van der Waals surface area contributed by atoms with Crippen LogP contribution in [-0.4, -0.2) is 224 Å². The summed E-state index contributed by atoms with van der Waals surface area (Å²) < 4.78 is 227. The molecule has 0 bridgehead atoms. The topological polar surface area (TPSA) is 418 Å². The number of rotatable bonds is 40. The molecule has 7 rings (SSSR count). The van der Waals surface area contributed by atoms with Crippen LogP contribution in [0, 0.1) is 0 Å². The van der Waals surface area contributed by atoms with E-state index in [1.807, 2.05) is 11.8 Å². The molecule has 0 aromatic heterocycles. The van der Waals surface area contributed by atoms with Crippen molar-refractivity contribution in [2.45, 2.75) is 82.8 Å². The van der Waals surface area contributed by atoms with Crippen molar-refractivity contribution in [2.75, 3.05) is 130 Å². The first-order valence-electron chi connectivity index (χ1n) is 30.0. The molecule has 30 nitrogen and oxygen atoms in total. The molecule has 0 spiro atoms. The molecule has 3 heterocycles. The first-order chi connectivity index (χ1) is 45.3. The maximum absolute atomic E-state index is 12.9. The highest BCUT2D eigenvalue weighted by Gasteiger charge is 2.50. The third kappa shape index (κ3) is 19.7. The van der Waals surface area contributed by atoms with Gasteiger partial charge in [0.1, 0.15) is 21.6 Å². The van der Waals surface area contributed by atoms with Gasteiger partial charge in [-0.05, 0) is 97.3 Å². The normalized spacial score (nSPS) is 18.5. The van der Waals surface area contributed by atoms with E-state index in [1.165, 1.54) is 19.2 Å². The summed E-state index contributed by atoms with van der Waals surface area (Å²) in [5.41, 5.74) is 0.0835. The summed E-state index contributed by atoms with van der Waals surface area (Å²) in [6.45, 7) is 5.93. The van der Waals surface area contributed by atoms with Crippen molar-refractivity contribution < 1.29 is 127 Å². The fourth-order valence-electron chi connectivity index (χ4n) is 11.6. The van der Waals surface area contributed by atoms with E-state index in [0.717, 1.165) is 12.1 Å². The van der Waals surface area contributed by atoms with E-state index >= 15 is 0 Å². The summed E-state index contributed by atoms with van der Waals surface area (Å²) >= 11 is 0. The van der Waals surface area contributed by atoms with E-state index < -0.39 is 105 Å². The molecule has 2 amide bonds. The van der Waals surface area contributed by atoms with Gasteiger partial charge in [-0.2, -0.15) is 38.2 Å². The van der Waals surface area contributed by atoms with E-state index in [1.54, 1.807) is 73.3 Å². The summed E-state index contributed by atoms with van der Waals surface area (Å²) in [4.78, 5) is 38.9. The third-order valence-electron chi connectivity index (χ3n) is 16.0. The molecule has 2 atom stereocenters. The highest BCUT2D eigenvalue weighted by Crippen LogP contribution is 2.54. The van der Waals surface area contributed by atoms with Crippen LogP contribution in [-0.2, 0) is 119 Å². The predicted molar refractivity (Wildman–Crippen MR) is 343 cm³/mol. The Morgan fingerprint density at radius 3 is 1.65 bits per heavy atom. The Hall–Kier alpha value is -6.33. The minimum Gasteiger partial charge on any atom is -0.744 e. The highest BCUT2D eigenvalue weighted by molar-refractivity contribution is 7.87. The van der Waals surface area contributed by atoms with Crippen LogP contribution >= 0.6 is 0 Å². The van der Waals surface area contributed by atoms with Gasteiger partial charge in [0, 0.05) is 80.1 Å². The van der Waals surface area contributed by atoms with Gasteiger partial charge in [0.25, 0.3) is 52.3 Å². The molecule has 528 valence electrons. The smallest absolute Gasteiger partial charge is 0.335 e. The number of anilines is 1. The lowest BCUT2D eigenvalue weighted by atomic mass is 9.74. The molecule has 0 radical (unpaired) electrons. The Labute approximate surface area is 556 Å². The second-order valence-corrected chi connectivity index (χ2v) is 29.6. The first-order valence-corrected chi connectivity index (χ1v) is 37.3. The Bertz CT molecular complexity index is 4270. The summed E-state index contributed by atoms with van der Waals surface area (Å²) in [5.74, 6) is -2.73. The molecule has 1 saturated heterocycles. The monoisotopic (exact) mass is 1440 g/mol. The van der Waals surface area contributed by atoms with Gasteiger partial charge in [-0.15, -0.1) is 5.06 Å². The van der Waals surface area contributed by atoms with Gasteiger partial charge in [0.2, 0.25) is 5.69 Å². The summed E-state index contributed by atoms with van der Waals surface area (Å²) in [5, 5.41) is 0.221. The van der Waals surface area contributed by atoms with E-state index in [4.69, 9.17) is 42.7 Å². The number of allylic oxidation sites excluding steroid dienone is 8. The van der Waals surface area contributed by atoms with Crippen LogP contribution in [0.15, 0.2) is 116 Å². The van der Waals surface area contributed by atoms with Crippen LogP contribution in [0.25, 0.3) is 21.5 Å². The molecule has 4 N–H and O–H groups in total. The van der Waals surface area contributed by atoms with Gasteiger partial charge in [-0.25, -0.2) is 13.2 Å². The zero-order valence-electron chi connectivity index (χ0n) is 53.0. The average Bonchev–Trinajstić information content (AvgIpc) is 1.53. The minimum atomic E-state index is -5.38. The van der Waals surface area contributed by atoms with Crippen molar-refractivity contribution in [3.8, 4) is 0 Å². The SMILES string of the molecule is COCCOCCOCCOCCC1(C)\C(=C/C=C/C=C/C=C/C2=[N+](CCOC)c3ccc4c(S(=O)(=O)O)cc(S(=O)(=O)O)cc4c3C2(C)CCCS(=O)(=O)O)N(CCOCCOCCOCCC(=O)ON2C(=O)CCC2=O)c2ccc3c(S(=O)(=O)[O-])cc(S(=O)(=O)O)cc3c21. The van der Waals surface area contributed by atoms with Crippen LogP contribution in [0.4, 0.5) is 11.4 Å². The molecule has 96 heavy (non-hydrogen) atoms. The van der Waals surface area contributed by atoms with Crippen LogP contribution in [0.3, 0.4) is 0 Å². The van der Waals surface area contributed by atoms with Crippen molar-refractivity contribution in [3.63, 3.8) is 0 Å². The molecule has 0 saturated carbocycles. The molecule has 0 aliphatic carbocycles. The molecular formula is C61H77N3O27S5. The maximum Gasteiger partial charge on any atom is 0.335 e. The van der Waals surface area contributed by atoms with Gasteiger partial charge >= 0.3 is 5.97 Å². The lowest BCUT2D eigenvalue weighted by molar-refractivity contribution is -0.441. The number of benzene rings is 4. The Morgan fingerprint density at radius 2 is 1.08 bits per heavy atom. The number of carbonyl (C=O) groups excluding carboxylic acids is 3. The van der Waals surface area contributed by atoms with E-state index in [2.05, 4.69) is 0 Å². The lowest BCUT2D eigenvalue weighted by Crippen LogP contribution is -2.32. The van der Waals surface area contributed by atoms with Crippen LogP contribution < -0.4 is 4.90 Å². The number of carbonyl (C=O) groups is 3. The van der Waals surface area contributed by atoms with Crippen molar-refractivity contribution in [1.82, 2.24) is 5.06 Å². The maximum atomic E-state index is 12.9. The molecule has 35 heteroatoms. The number of amides is 2. The summed E-state index contributed by atoms with van der Waals surface area (Å²) in [6.07, 6.45) is 11.4. The molecule has 4 aromatic carbocycles. The molecule has 3 aliphatic rings. The second kappa shape index (κ2) is 33.5. The Morgan fingerprint density at radius 1 is 0.573 bits per heavy atom. The van der Waals surface area contributed by atoms with Gasteiger partial charge in [0.15, 0.2) is 12.3 Å². The van der Waals surface area contributed by atoms with Crippen LogP contribution in [0.5, 0.6) is 0 Å². The van der Waals surface area contributed by atoms with Gasteiger partial charge in [-0.1, -0.05) is 36.4 Å². The number of fused-ring (bicyclic) bond motifs is 6. The second-order valence-electron chi connectivity index (χ2n) is 22.5. The fourth-order valence-corrected chi connectivity index (χ4v) is 14.8. The van der Waals surface area contributed by atoms with E-state index in [0.29, 0.717) is 70.9 Å². The Kier molecular flexibility index (Phi) is 26.9. The van der Waals surface area contributed by atoms with Crippen LogP contribution in [0.2, 0.25) is 0 Å². The molecule has 2 unspecified atom stereocenters. The summed E-state index contributed by atoms with van der Waals surface area (Å²) in [7, 11) is -22.2. The largest absolute Gasteiger partial charge is 0.744 e. The predicted octanol–water partition coefficient (Wildman–Crippen LogP) is 4.77. The van der Waals surface area contributed by atoms with Crippen molar-refractivity contribution >= 4 is 107 Å². The van der Waals surface area contributed by atoms with E-state index in [-0.39, 0.29) is 146 Å². The molecule has 1 fully saturated rings. The number of hydrogen-bond donors (Lipinski definition) is 4. The highest BCUT2D eigenvalue weighted by atomic mass is 32.2. The van der Waals surface area contributed by atoms with Crippen molar-refractivity contribution in [1.29, 1.82) is 0 Å². The standard InChI is InChI=1S/C61H77N3O27S5/c1-60(20-10-38-92(68,69)70)53(62(22-26-83-3)49-15-13-45-47(58(49)60)39-43(93(71,72)73)41-51(45)95(77,78)79)11-8-6-5-7-9-12-54-61(2,21-25-86-31-34-90-37-36-88-29-28-84-4)59-48-40-44(94(74,75)76)42-52(96(80,81)82)46(48)14-16-50(59)63(54)23-27-87-32-35-89-33-30-85-24-19-57(67)91-64-55(65)17-18-56(64)66/h5-9,11-16,39-42H,10,17-38H2,1-4H3,(H4-,68,69,70,71,72,73,74,75,76,77,78,79,80,81,82). The summed E-state index contributed by atoms with van der Waals surface area (Å²) in [6, 6.07) is 9.23. The number of methoxy groups -OCH3 is 2. The number of nitrogens with zero attached hydrogens (tertiary/aromatic N) is 3. The van der Waals surface area contributed by atoms with E-state index in [9.17, 15) is 79.2 Å². The minimum absolute atomic E-state index is 0.00871. The van der Waals surface area contributed by atoms with Gasteiger partial charge < -0.3 is 52.2 Å². The van der Waals surface area contributed by atoms with Gasteiger partial charge in [-0.3, -0.25) is 27.8 Å². The number of imide groups is 1. The zero-order valence-corrected chi connectivity index (χ0v) is 57.1. The fraction of sp³-hybridized carbons (Fsp3) is 0.475. The van der Waals surface area contributed by atoms with Crippen molar-refractivity contribution in [2.24, 2.45) is 0 Å². The van der Waals surface area contributed by atoms with Crippen LogP contribution in [0.1, 0.15) is 63.5 Å². The number of hydrogen-bond acceptors (Lipinski definition) is 24. The number of ether oxygens (including phenoxy) is 8. The first kappa shape index (κ1) is 77.0. The average molecular weight is 1440 g/mol. The zero-order chi connectivity index (χ0) is 70.3. The molecule has 3 aliphatic heterocycles. The molecule has 4 aromatic rings. The van der Waals surface area contributed by atoms with Gasteiger partial charge in [0.05, 0.1) is 112 Å². The molecular weight excluding hydrogens is 1370 g/mol. The quantitative estimate of drug-likeness (QED) is 0.0153. The lowest BCUT2D eigenvalue weighted by Gasteiger charge is -2.31. The number of hydroxylamine groups is 2. The third-order valence-corrected chi connectivity index (χ3v) is 20.2.